The van der Waals surface area contributed by atoms with Crippen LogP contribution in [0.25, 0.3) is 10.9 Å². The van der Waals surface area contributed by atoms with Crippen LogP contribution in [0.1, 0.15) is 73.8 Å². The Kier molecular flexibility index (Phi) is 4.44. The molecule has 4 aliphatic rings. The van der Waals surface area contributed by atoms with Gasteiger partial charge in [-0.3, -0.25) is 9.69 Å². The van der Waals surface area contributed by atoms with Crippen molar-refractivity contribution in [3.05, 3.63) is 35.5 Å². The second kappa shape index (κ2) is 7.16. The third-order valence-corrected chi connectivity index (χ3v) is 8.26. The fourth-order valence-electron chi connectivity index (χ4n) is 6.66. The number of carbonyl (C=O) groups is 1. The lowest BCUT2D eigenvalue weighted by Gasteiger charge is -2.51. The molecule has 4 heterocycles. The maximum Gasteiger partial charge on any atom is 0.253 e. The molecule has 0 radical (unpaired) electrons. The number of hydrogen-bond acceptors (Lipinski definition) is 2. The molecule has 29 heavy (non-hydrogen) atoms. The standard InChI is InChI=1S/C25H33N3O/c29-25(24-21-10-1-2-11-22(21)27-13-5-12-23(24)27)26-18-14-19-8-4-9-20(15-18)28(19)16-17-6-3-7-17/h1-2,10-11,17-20H,3-9,12-16H2,(H,26,29). The highest BCUT2D eigenvalue weighted by atomic mass is 16.1. The summed E-state index contributed by atoms with van der Waals surface area (Å²) in [5.74, 6) is 1.12. The second-order valence-electron chi connectivity index (χ2n) is 9.97. The van der Waals surface area contributed by atoms with E-state index in [9.17, 15) is 4.79 Å². The number of aryl methyl sites for hydroxylation is 1. The van der Waals surface area contributed by atoms with E-state index >= 15 is 0 Å². The molecule has 2 aromatic rings. The van der Waals surface area contributed by atoms with Gasteiger partial charge in [-0.25, -0.2) is 0 Å². The zero-order valence-electron chi connectivity index (χ0n) is 17.4. The number of piperidine rings is 2. The zero-order valence-corrected chi connectivity index (χ0v) is 17.4. The first-order valence-electron chi connectivity index (χ1n) is 11.9. The Balaban J connectivity index is 1.21. The molecule has 1 aliphatic carbocycles. The van der Waals surface area contributed by atoms with Crippen molar-refractivity contribution in [2.45, 2.75) is 88.9 Å². The summed E-state index contributed by atoms with van der Waals surface area (Å²) < 4.78 is 2.38. The fraction of sp³-hybridized carbons (Fsp3) is 0.640. The monoisotopic (exact) mass is 391 g/mol. The van der Waals surface area contributed by atoms with Gasteiger partial charge in [0.25, 0.3) is 5.91 Å². The Labute approximate surface area is 173 Å². The van der Waals surface area contributed by atoms with Crippen LogP contribution in [0.4, 0.5) is 0 Å². The number of fused-ring (bicyclic) bond motifs is 5. The molecule has 1 N–H and O–H groups in total. The minimum atomic E-state index is 0.173. The number of nitrogens with zero attached hydrogens (tertiary/aromatic N) is 2. The van der Waals surface area contributed by atoms with Crippen molar-refractivity contribution >= 4 is 16.8 Å². The fourth-order valence-corrected chi connectivity index (χ4v) is 6.66. The van der Waals surface area contributed by atoms with Gasteiger partial charge in [0.1, 0.15) is 0 Å². The van der Waals surface area contributed by atoms with E-state index in [0.29, 0.717) is 18.1 Å². The molecule has 0 spiro atoms. The normalized spacial score (nSPS) is 29.6. The molecule has 154 valence electrons. The number of aromatic nitrogens is 1. The molecule has 4 nitrogen and oxygen atoms in total. The van der Waals surface area contributed by atoms with Crippen LogP contribution >= 0.6 is 0 Å². The van der Waals surface area contributed by atoms with E-state index < -0.39 is 0 Å². The summed E-state index contributed by atoms with van der Waals surface area (Å²) in [7, 11) is 0. The summed E-state index contributed by atoms with van der Waals surface area (Å²) >= 11 is 0. The number of nitrogens with one attached hydrogen (secondary N) is 1. The molecule has 3 aliphatic heterocycles. The van der Waals surface area contributed by atoms with Crippen LogP contribution in [-0.4, -0.2) is 40.0 Å². The van der Waals surface area contributed by atoms with E-state index in [2.05, 4.69) is 39.0 Å². The minimum absolute atomic E-state index is 0.173. The van der Waals surface area contributed by atoms with Crippen LogP contribution in [-0.2, 0) is 13.0 Å². The van der Waals surface area contributed by atoms with Crippen molar-refractivity contribution in [1.29, 1.82) is 0 Å². The SMILES string of the molecule is O=C(NC1CC2CCCC(C1)N2CC1CCC1)c1c2n(c3ccccc13)CCC2. The van der Waals surface area contributed by atoms with Crippen LogP contribution < -0.4 is 5.32 Å². The molecule has 2 saturated heterocycles. The summed E-state index contributed by atoms with van der Waals surface area (Å²) in [5.41, 5.74) is 3.45. The average molecular weight is 392 g/mol. The molecule has 1 amide bonds. The maximum absolute atomic E-state index is 13.4. The Morgan fingerprint density at radius 2 is 1.76 bits per heavy atom. The molecule has 1 aromatic heterocycles. The number of para-hydroxylation sites is 1. The number of benzene rings is 1. The van der Waals surface area contributed by atoms with Crippen LogP contribution in [0.15, 0.2) is 24.3 Å². The van der Waals surface area contributed by atoms with Gasteiger partial charge in [0.05, 0.1) is 5.56 Å². The van der Waals surface area contributed by atoms with Crippen LogP contribution in [0.5, 0.6) is 0 Å². The molecule has 2 atom stereocenters. The first-order valence-corrected chi connectivity index (χ1v) is 11.9. The summed E-state index contributed by atoms with van der Waals surface area (Å²) in [5, 5.41) is 4.64. The largest absolute Gasteiger partial charge is 0.349 e. The molecule has 1 aromatic carbocycles. The third-order valence-electron chi connectivity index (χ3n) is 8.26. The van der Waals surface area contributed by atoms with Gasteiger partial charge in [0.15, 0.2) is 0 Å². The summed E-state index contributed by atoms with van der Waals surface area (Å²) in [6, 6.07) is 10.2. The van der Waals surface area contributed by atoms with Crippen molar-refractivity contribution in [1.82, 2.24) is 14.8 Å². The molecular weight excluding hydrogens is 358 g/mol. The van der Waals surface area contributed by atoms with E-state index in [0.717, 1.165) is 49.1 Å². The lowest BCUT2D eigenvalue weighted by atomic mass is 9.78. The lowest BCUT2D eigenvalue weighted by molar-refractivity contribution is 0.00275. The number of hydrogen-bond donors (Lipinski definition) is 1. The van der Waals surface area contributed by atoms with E-state index in [1.165, 1.54) is 56.3 Å². The van der Waals surface area contributed by atoms with E-state index in [4.69, 9.17) is 0 Å². The number of amides is 1. The van der Waals surface area contributed by atoms with Crippen molar-refractivity contribution < 1.29 is 4.79 Å². The van der Waals surface area contributed by atoms with Crippen LogP contribution in [0, 0.1) is 5.92 Å². The molecule has 6 rings (SSSR count). The zero-order chi connectivity index (χ0) is 19.4. The van der Waals surface area contributed by atoms with Gasteiger partial charge in [-0.05, 0) is 63.4 Å². The highest BCUT2D eigenvalue weighted by Crippen LogP contribution is 2.38. The Bertz CT molecular complexity index is 914. The Hall–Kier alpha value is -1.81. The molecule has 1 saturated carbocycles. The van der Waals surface area contributed by atoms with Gasteiger partial charge in [-0.2, -0.15) is 0 Å². The summed E-state index contributed by atoms with van der Waals surface area (Å²) in [6.45, 7) is 2.36. The smallest absolute Gasteiger partial charge is 0.253 e. The van der Waals surface area contributed by atoms with Crippen molar-refractivity contribution in [3.63, 3.8) is 0 Å². The van der Waals surface area contributed by atoms with Gasteiger partial charge in [-0.15, -0.1) is 0 Å². The van der Waals surface area contributed by atoms with Gasteiger partial charge in [0, 0.05) is 47.8 Å². The highest BCUT2D eigenvalue weighted by Gasteiger charge is 2.40. The van der Waals surface area contributed by atoms with Crippen molar-refractivity contribution in [3.8, 4) is 0 Å². The van der Waals surface area contributed by atoms with Crippen molar-refractivity contribution in [2.75, 3.05) is 6.54 Å². The van der Waals surface area contributed by atoms with Gasteiger partial charge >= 0.3 is 0 Å². The van der Waals surface area contributed by atoms with Gasteiger partial charge in [0.2, 0.25) is 0 Å². The first kappa shape index (κ1) is 18.0. The summed E-state index contributed by atoms with van der Waals surface area (Å²) in [4.78, 5) is 16.3. The van der Waals surface area contributed by atoms with E-state index in [1.54, 1.807) is 0 Å². The summed E-state index contributed by atoms with van der Waals surface area (Å²) in [6.07, 6.45) is 12.8. The first-order chi connectivity index (χ1) is 14.3. The number of carbonyl (C=O) groups excluding carboxylic acids is 1. The van der Waals surface area contributed by atoms with Gasteiger partial charge in [-0.1, -0.05) is 31.0 Å². The third kappa shape index (κ3) is 3.02. The predicted octanol–water partition coefficient (Wildman–Crippen LogP) is 4.50. The Morgan fingerprint density at radius 3 is 2.52 bits per heavy atom. The topological polar surface area (TPSA) is 37.3 Å². The van der Waals surface area contributed by atoms with E-state index in [-0.39, 0.29) is 5.91 Å². The van der Waals surface area contributed by atoms with Crippen LogP contribution in [0.3, 0.4) is 0 Å². The Morgan fingerprint density at radius 1 is 1.00 bits per heavy atom. The van der Waals surface area contributed by atoms with Gasteiger partial charge < -0.3 is 9.88 Å². The molecule has 2 bridgehead atoms. The maximum atomic E-state index is 13.4. The van der Waals surface area contributed by atoms with Crippen LogP contribution in [0.2, 0.25) is 0 Å². The molecule has 2 unspecified atom stereocenters. The molecule has 3 fully saturated rings. The number of rotatable bonds is 4. The molecular formula is C25H33N3O. The minimum Gasteiger partial charge on any atom is -0.349 e. The lowest BCUT2D eigenvalue weighted by Crippen LogP contribution is -2.58. The average Bonchev–Trinajstić information content (AvgIpc) is 3.25. The van der Waals surface area contributed by atoms with Crippen molar-refractivity contribution in [2.24, 2.45) is 5.92 Å². The highest BCUT2D eigenvalue weighted by molar-refractivity contribution is 6.08. The molecule has 4 heteroatoms. The quantitative estimate of drug-likeness (QED) is 0.833. The predicted molar refractivity (Wildman–Crippen MR) is 116 cm³/mol. The van der Waals surface area contributed by atoms with E-state index in [1.807, 2.05) is 0 Å². The second-order valence-corrected chi connectivity index (χ2v) is 9.97.